The third-order valence-corrected chi connectivity index (χ3v) is 3.24. The number of hydrogen-bond acceptors (Lipinski definition) is 3. The Balaban J connectivity index is 1.96. The smallest absolute Gasteiger partial charge is 0.406 e. The molecular formula is C13H17F3N2O. The molecule has 1 heterocycles. The Morgan fingerprint density at radius 3 is 2.79 bits per heavy atom. The normalized spacial score (nSPS) is 20.7. The summed E-state index contributed by atoms with van der Waals surface area (Å²) in [6, 6.07) is 6.12. The number of halogens is 3. The fraction of sp³-hybridized carbons (Fsp3) is 0.538. The molecule has 1 aromatic rings. The first kappa shape index (κ1) is 14.1. The number of likely N-dealkylation sites (tertiary alicyclic amines) is 1. The van der Waals surface area contributed by atoms with Crippen molar-refractivity contribution in [1.29, 1.82) is 0 Å². The number of alkyl halides is 3. The fourth-order valence-electron chi connectivity index (χ4n) is 2.35. The average molecular weight is 274 g/mol. The molecule has 0 bridgehead atoms. The molecule has 106 valence electrons. The Labute approximate surface area is 110 Å². The van der Waals surface area contributed by atoms with Crippen molar-refractivity contribution in [2.24, 2.45) is 11.7 Å². The van der Waals surface area contributed by atoms with Gasteiger partial charge in [-0.25, -0.2) is 0 Å². The molecule has 1 atom stereocenters. The molecule has 1 aromatic carbocycles. The van der Waals surface area contributed by atoms with E-state index in [4.69, 9.17) is 5.73 Å². The lowest BCUT2D eigenvalue weighted by atomic mass is 10.1. The van der Waals surface area contributed by atoms with Crippen LogP contribution in [0.3, 0.4) is 0 Å². The summed E-state index contributed by atoms with van der Waals surface area (Å²) in [4.78, 5) is 2.20. The molecule has 6 heteroatoms. The minimum Gasteiger partial charge on any atom is -0.406 e. The molecule has 0 aliphatic carbocycles. The maximum atomic E-state index is 12.1. The first-order chi connectivity index (χ1) is 8.96. The summed E-state index contributed by atoms with van der Waals surface area (Å²) >= 11 is 0. The summed E-state index contributed by atoms with van der Waals surface area (Å²) in [6.45, 7) is 3.13. The van der Waals surface area contributed by atoms with Gasteiger partial charge >= 0.3 is 6.36 Å². The molecule has 1 aliphatic rings. The zero-order valence-electron chi connectivity index (χ0n) is 10.5. The van der Waals surface area contributed by atoms with Gasteiger partial charge in [0.15, 0.2) is 0 Å². The summed E-state index contributed by atoms with van der Waals surface area (Å²) < 4.78 is 40.3. The Hall–Kier alpha value is -1.27. The molecule has 3 nitrogen and oxygen atoms in total. The molecule has 1 unspecified atom stereocenters. The average Bonchev–Trinajstić information content (AvgIpc) is 2.75. The van der Waals surface area contributed by atoms with Crippen LogP contribution in [0.4, 0.5) is 13.2 Å². The standard InChI is InChI=1S/C13H17F3N2O/c14-13(15,16)19-12-3-1-2-10(6-12)8-18-5-4-11(7-17)9-18/h1-3,6,11H,4-5,7-9,17H2. The fourth-order valence-corrected chi connectivity index (χ4v) is 2.35. The van der Waals surface area contributed by atoms with Crippen LogP contribution in [0.15, 0.2) is 24.3 Å². The third-order valence-electron chi connectivity index (χ3n) is 3.24. The van der Waals surface area contributed by atoms with Crippen LogP contribution in [0.25, 0.3) is 0 Å². The summed E-state index contributed by atoms with van der Waals surface area (Å²) in [5, 5.41) is 0. The van der Waals surface area contributed by atoms with Gasteiger partial charge in [0.05, 0.1) is 0 Å². The van der Waals surface area contributed by atoms with Crippen LogP contribution in [0, 0.1) is 5.92 Å². The van der Waals surface area contributed by atoms with E-state index < -0.39 is 6.36 Å². The van der Waals surface area contributed by atoms with E-state index in [1.54, 1.807) is 12.1 Å². The minimum absolute atomic E-state index is 0.167. The number of benzene rings is 1. The van der Waals surface area contributed by atoms with E-state index in [1.807, 2.05) is 0 Å². The number of ether oxygens (including phenoxy) is 1. The minimum atomic E-state index is -4.64. The topological polar surface area (TPSA) is 38.5 Å². The predicted molar refractivity (Wildman–Crippen MR) is 65.6 cm³/mol. The Bertz CT molecular complexity index is 423. The highest BCUT2D eigenvalue weighted by Crippen LogP contribution is 2.24. The second kappa shape index (κ2) is 5.79. The molecule has 0 radical (unpaired) electrons. The molecule has 0 spiro atoms. The number of nitrogens with zero attached hydrogens (tertiary/aromatic N) is 1. The van der Waals surface area contributed by atoms with Gasteiger partial charge in [-0.1, -0.05) is 12.1 Å². The highest BCUT2D eigenvalue weighted by atomic mass is 19.4. The Morgan fingerprint density at radius 1 is 1.37 bits per heavy atom. The third kappa shape index (κ3) is 4.40. The molecule has 19 heavy (non-hydrogen) atoms. The van der Waals surface area contributed by atoms with Gasteiger partial charge in [0.2, 0.25) is 0 Å². The quantitative estimate of drug-likeness (QED) is 0.916. The number of nitrogens with two attached hydrogens (primary N) is 1. The molecule has 0 amide bonds. The molecule has 1 saturated heterocycles. The van der Waals surface area contributed by atoms with Crippen molar-refractivity contribution >= 4 is 0 Å². The maximum Gasteiger partial charge on any atom is 0.573 e. The van der Waals surface area contributed by atoms with Crippen molar-refractivity contribution in [3.8, 4) is 5.75 Å². The van der Waals surface area contributed by atoms with Gasteiger partial charge in [-0.2, -0.15) is 0 Å². The molecule has 2 N–H and O–H groups in total. The zero-order valence-corrected chi connectivity index (χ0v) is 10.5. The molecule has 0 saturated carbocycles. The van der Waals surface area contributed by atoms with E-state index in [9.17, 15) is 13.2 Å². The van der Waals surface area contributed by atoms with E-state index in [0.717, 1.165) is 25.1 Å². The molecule has 0 aromatic heterocycles. The van der Waals surface area contributed by atoms with Gasteiger partial charge in [0.25, 0.3) is 0 Å². The largest absolute Gasteiger partial charge is 0.573 e. The van der Waals surface area contributed by atoms with Crippen molar-refractivity contribution in [3.05, 3.63) is 29.8 Å². The molecule has 1 fully saturated rings. The predicted octanol–water partition coefficient (Wildman–Crippen LogP) is 2.37. The number of hydrogen-bond donors (Lipinski definition) is 1. The SMILES string of the molecule is NCC1CCN(Cc2cccc(OC(F)(F)F)c2)C1. The zero-order chi connectivity index (χ0) is 13.9. The maximum absolute atomic E-state index is 12.1. The van der Waals surface area contributed by atoms with Gasteiger partial charge in [-0.15, -0.1) is 13.2 Å². The van der Waals surface area contributed by atoms with Gasteiger partial charge in [0, 0.05) is 13.1 Å². The van der Waals surface area contributed by atoms with E-state index >= 15 is 0 Å². The first-order valence-corrected chi connectivity index (χ1v) is 6.23. The van der Waals surface area contributed by atoms with Crippen molar-refractivity contribution in [2.45, 2.75) is 19.3 Å². The lowest BCUT2D eigenvalue weighted by Crippen LogP contribution is -2.23. The van der Waals surface area contributed by atoms with E-state index in [0.29, 0.717) is 19.0 Å². The van der Waals surface area contributed by atoms with Crippen LogP contribution >= 0.6 is 0 Å². The lowest BCUT2D eigenvalue weighted by Gasteiger charge is -2.16. The lowest BCUT2D eigenvalue weighted by molar-refractivity contribution is -0.274. The first-order valence-electron chi connectivity index (χ1n) is 6.23. The van der Waals surface area contributed by atoms with Crippen LogP contribution < -0.4 is 10.5 Å². The van der Waals surface area contributed by atoms with Gasteiger partial charge < -0.3 is 10.5 Å². The van der Waals surface area contributed by atoms with Crippen LogP contribution in [0.5, 0.6) is 5.75 Å². The van der Waals surface area contributed by atoms with Gasteiger partial charge in [0.1, 0.15) is 5.75 Å². The summed E-state index contributed by atoms with van der Waals surface area (Å²) in [5.74, 6) is 0.328. The molecule has 2 rings (SSSR count). The van der Waals surface area contributed by atoms with E-state index in [-0.39, 0.29) is 5.75 Å². The van der Waals surface area contributed by atoms with Crippen LogP contribution in [0.1, 0.15) is 12.0 Å². The second-order valence-electron chi connectivity index (χ2n) is 4.82. The van der Waals surface area contributed by atoms with Crippen LogP contribution in [0.2, 0.25) is 0 Å². The van der Waals surface area contributed by atoms with E-state index in [1.165, 1.54) is 12.1 Å². The monoisotopic (exact) mass is 274 g/mol. The highest BCUT2D eigenvalue weighted by Gasteiger charge is 2.31. The molecular weight excluding hydrogens is 257 g/mol. The Kier molecular flexibility index (Phi) is 4.31. The summed E-state index contributed by atoms with van der Waals surface area (Å²) in [5.41, 5.74) is 6.43. The van der Waals surface area contributed by atoms with Crippen molar-refractivity contribution in [2.75, 3.05) is 19.6 Å². The summed E-state index contributed by atoms with van der Waals surface area (Å²) in [6.07, 6.45) is -3.59. The number of rotatable bonds is 4. The molecule has 1 aliphatic heterocycles. The Morgan fingerprint density at radius 2 is 2.16 bits per heavy atom. The van der Waals surface area contributed by atoms with Crippen molar-refractivity contribution in [3.63, 3.8) is 0 Å². The van der Waals surface area contributed by atoms with Crippen molar-refractivity contribution in [1.82, 2.24) is 4.90 Å². The van der Waals surface area contributed by atoms with Crippen LogP contribution in [-0.4, -0.2) is 30.9 Å². The van der Waals surface area contributed by atoms with E-state index in [2.05, 4.69) is 9.64 Å². The van der Waals surface area contributed by atoms with Gasteiger partial charge in [-0.05, 0) is 43.1 Å². The van der Waals surface area contributed by atoms with Crippen LogP contribution in [-0.2, 0) is 6.54 Å². The van der Waals surface area contributed by atoms with Crippen molar-refractivity contribution < 1.29 is 17.9 Å². The highest BCUT2D eigenvalue weighted by molar-refractivity contribution is 5.28. The summed E-state index contributed by atoms with van der Waals surface area (Å²) in [7, 11) is 0. The van der Waals surface area contributed by atoms with Gasteiger partial charge in [-0.3, -0.25) is 4.90 Å². The second-order valence-corrected chi connectivity index (χ2v) is 4.82.